The van der Waals surface area contributed by atoms with Crippen molar-refractivity contribution < 1.29 is 4.74 Å². The van der Waals surface area contributed by atoms with Crippen LogP contribution in [0.4, 0.5) is 5.69 Å². The monoisotopic (exact) mass is 409 g/mol. The highest BCUT2D eigenvalue weighted by Gasteiger charge is 2.10. The number of hydrogen-bond acceptors (Lipinski definition) is 3. The molecule has 1 aromatic rings. The van der Waals surface area contributed by atoms with Crippen LogP contribution in [-0.2, 0) is 0 Å². The summed E-state index contributed by atoms with van der Waals surface area (Å²) >= 11 is 5.70. The summed E-state index contributed by atoms with van der Waals surface area (Å²) in [7, 11) is 1.66. The molecule has 1 aliphatic heterocycles. The molecule has 0 aromatic heterocycles. The summed E-state index contributed by atoms with van der Waals surface area (Å²) in [4.78, 5) is 0. The molecule has 0 unspecified atom stereocenters. The summed E-state index contributed by atoms with van der Waals surface area (Å²) in [6, 6.07) is 3.88. The number of rotatable bonds is 3. The first kappa shape index (κ1) is 13.1. The summed E-state index contributed by atoms with van der Waals surface area (Å²) in [6.07, 6.45) is 2.42. The van der Waals surface area contributed by atoms with Crippen molar-refractivity contribution in [3.8, 4) is 5.75 Å². The van der Waals surface area contributed by atoms with Crippen LogP contribution >= 0.6 is 38.5 Å². The average Bonchev–Trinajstić information content (AvgIpc) is 2.79. The van der Waals surface area contributed by atoms with E-state index < -0.39 is 0 Å². The van der Waals surface area contributed by atoms with Crippen molar-refractivity contribution in [1.29, 1.82) is 0 Å². The van der Waals surface area contributed by atoms with Crippen molar-refractivity contribution in [2.75, 3.05) is 20.2 Å². The van der Waals surface area contributed by atoms with Gasteiger partial charge in [-0.15, -0.1) is 5.11 Å². The SMILES string of the molecule is COc1c(Br)cc(N=NN2CCCC2)cc1I. The minimum absolute atomic E-state index is 0.839. The molecule has 0 saturated carbocycles. The first-order valence-electron chi connectivity index (χ1n) is 5.40. The van der Waals surface area contributed by atoms with Crippen molar-refractivity contribution in [2.45, 2.75) is 12.8 Å². The van der Waals surface area contributed by atoms with E-state index in [0.717, 1.165) is 32.6 Å². The molecule has 0 aliphatic carbocycles. The fourth-order valence-electron chi connectivity index (χ4n) is 1.70. The van der Waals surface area contributed by atoms with Gasteiger partial charge >= 0.3 is 0 Å². The molecule has 6 heteroatoms. The number of ether oxygens (including phenoxy) is 1. The molecule has 1 heterocycles. The molecule has 2 rings (SSSR count). The summed E-state index contributed by atoms with van der Waals surface area (Å²) in [5, 5.41) is 10.5. The Labute approximate surface area is 123 Å². The molecular weight excluding hydrogens is 397 g/mol. The molecule has 4 nitrogen and oxygen atoms in total. The van der Waals surface area contributed by atoms with Crippen LogP contribution in [0.2, 0.25) is 0 Å². The van der Waals surface area contributed by atoms with Crippen LogP contribution in [0.25, 0.3) is 0 Å². The zero-order valence-electron chi connectivity index (χ0n) is 9.49. The summed E-state index contributed by atoms with van der Waals surface area (Å²) < 4.78 is 7.20. The average molecular weight is 410 g/mol. The summed E-state index contributed by atoms with van der Waals surface area (Å²) in [5.41, 5.74) is 0.842. The van der Waals surface area contributed by atoms with Crippen LogP contribution in [0.15, 0.2) is 26.9 Å². The molecule has 1 saturated heterocycles. The predicted molar refractivity (Wildman–Crippen MR) is 78.7 cm³/mol. The minimum atomic E-state index is 0.839. The van der Waals surface area contributed by atoms with Gasteiger partial charge in [-0.3, -0.25) is 5.01 Å². The Kier molecular flexibility index (Phi) is 4.61. The Bertz CT molecular complexity index is 410. The lowest BCUT2D eigenvalue weighted by atomic mass is 10.3. The Hall–Kier alpha value is -0.370. The van der Waals surface area contributed by atoms with Crippen LogP contribution in [-0.4, -0.2) is 25.2 Å². The van der Waals surface area contributed by atoms with Crippen LogP contribution in [0.1, 0.15) is 12.8 Å². The highest BCUT2D eigenvalue weighted by atomic mass is 127. The van der Waals surface area contributed by atoms with E-state index >= 15 is 0 Å². The minimum Gasteiger partial charge on any atom is -0.494 e. The van der Waals surface area contributed by atoms with Gasteiger partial charge in [-0.25, -0.2) is 0 Å². The highest BCUT2D eigenvalue weighted by Crippen LogP contribution is 2.34. The number of methoxy groups -OCH3 is 1. The van der Waals surface area contributed by atoms with Crippen LogP contribution in [0.5, 0.6) is 5.75 Å². The van der Waals surface area contributed by atoms with E-state index in [1.165, 1.54) is 12.8 Å². The molecule has 17 heavy (non-hydrogen) atoms. The van der Waals surface area contributed by atoms with Crippen molar-refractivity contribution in [3.63, 3.8) is 0 Å². The van der Waals surface area contributed by atoms with Gasteiger partial charge in [-0.2, -0.15) is 0 Å². The number of hydrogen-bond donors (Lipinski definition) is 0. The van der Waals surface area contributed by atoms with Crippen LogP contribution in [0.3, 0.4) is 0 Å². The van der Waals surface area contributed by atoms with Gasteiger partial charge < -0.3 is 4.74 Å². The third kappa shape index (κ3) is 3.31. The van der Waals surface area contributed by atoms with Crippen LogP contribution in [0, 0.1) is 3.57 Å². The summed E-state index contributed by atoms with van der Waals surface area (Å²) in [6.45, 7) is 2.02. The molecule has 0 spiro atoms. The topological polar surface area (TPSA) is 37.2 Å². The first-order valence-corrected chi connectivity index (χ1v) is 7.27. The molecular formula is C11H13BrIN3O. The molecule has 1 aliphatic rings. The molecule has 1 fully saturated rings. The lowest BCUT2D eigenvalue weighted by Crippen LogP contribution is -2.09. The van der Waals surface area contributed by atoms with E-state index in [2.05, 4.69) is 48.9 Å². The zero-order chi connectivity index (χ0) is 12.3. The maximum atomic E-state index is 5.27. The van der Waals surface area contributed by atoms with E-state index in [1.807, 2.05) is 17.1 Å². The maximum absolute atomic E-state index is 5.27. The Morgan fingerprint density at radius 1 is 1.35 bits per heavy atom. The predicted octanol–water partition coefficient (Wildman–Crippen LogP) is 4.16. The normalized spacial score (nSPS) is 15.8. The third-order valence-corrected chi connectivity index (χ3v) is 3.95. The Morgan fingerprint density at radius 3 is 2.65 bits per heavy atom. The maximum Gasteiger partial charge on any atom is 0.146 e. The second kappa shape index (κ2) is 5.99. The van der Waals surface area contributed by atoms with Gasteiger partial charge in [-0.05, 0) is 63.5 Å². The van der Waals surface area contributed by atoms with Gasteiger partial charge in [0, 0.05) is 13.1 Å². The highest BCUT2D eigenvalue weighted by molar-refractivity contribution is 14.1. The van der Waals surface area contributed by atoms with Crippen LogP contribution < -0.4 is 4.74 Å². The van der Waals surface area contributed by atoms with Gasteiger partial charge in [-0.1, -0.05) is 5.22 Å². The quantitative estimate of drug-likeness (QED) is 0.555. The first-order chi connectivity index (χ1) is 8.20. The van der Waals surface area contributed by atoms with Gasteiger partial charge in [0.15, 0.2) is 0 Å². The number of nitrogens with zero attached hydrogens (tertiary/aromatic N) is 3. The van der Waals surface area contributed by atoms with E-state index in [4.69, 9.17) is 4.74 Å². The fourth-order valence-corrected chi connectivity index (χ4v) is 3.51. The smallest absolute Gasteiger partial charge is 0.146 e. The largest absolute Gasteiger partial charge is 0.494 e. The van der Waals surface area contributed by atoms with Crippen molar-refractivity contribution in [3.05, 3.63) is 20.2 Å². The second-order valence-corrected chi connectivity index (χ2v) is 5.81. The van der Waals surface area contributed by atoms with Crippen molar-refractivity contribution in [1.82, 2.24) is 5.01 Å². The van der Waals surface area contributed by atoms with E-state index in [0.29, 0.717) is 0 Å². The number of halogens is 2. The molecule has 92 valence electrons. The Balaban J connectivity index is 2.16. The molecule has 0 atom stereocenters. The van der Waals surface area contributed by atoms with Gasteiger partial charge in [0.05, 0.1) is 20.8 Å². The van der Waals surface area contributed by atoms with Crippen molar-refractivity contribution >= 4 is 44.2 Å². The molecule has 0 radical (unpaired) electrons. The molecule has 0 bridgehead atoms. The zero-order valence-corrected chi connectivity index (χ0v) is 13.2. The summed E-state index contributed by atoms with van der Waals surface area (Å²) in [5.74, 6) is 0.839. The number of benzene rings is 1. The van der Waals surface area contributed by atoms with E-state index in [-0.39, 0.29) is 0 Å². The van der Waals surface area contributed by atoms with E-state index in [9.17, 15) is 0 Å². The van der Waals surface area contributed by atoms with Gasteiger partial charge in [0.2, 0.25) is 0 Å². The second-order valence-electron chi connectivity index (χ2n) is 3.79. The molecule has 0 amide bonds. The standard InChI is InChI=1S/C11H13BrIN3O/c1-17-11-9(12)6-8(7-10(11)13)14-15-16-4-2-3-5-16/h6-7H,2-5H2,1H3. The van der Waals surface area contributed by atoms with Gasteiger partial charge in [0.25, 0.3) is 0 Å². The van der Waals surface area contributed by atoms with E-state index in [1.54, 1.807) is 7.11 Å². The Morgan fingerprint density at radius 2 is 2.06 bits per heavy atom. The van der Waals surface area contributed by atoms with Crippen molar-refractivity contribution in [2.24, 2.45) is 10.3 Å². The van der Waals surface area contributed by atoms with Gasteiger partial charge in [0.1, 0.15) is 5.75 Å². The fraction of sp³-hybridized carbons (Fsp3) is 0.455. The third-order valence-electron chi connectivity index (χ3n) is 2.56. The molecule has 1 aromatic carbocycles. The lowest BCUT2D eigenvalue weighted by molar-refractivity contribution is 0.336. The molecule has 0 N–H and O–H groups in total. The lowest BCUT2D eigenvalue weighted by Gasteiger charge is -2.08.